The number of nitrogens with zero attached hydrogens (tertiary/aromatic N) is 3. The van der Waals surface area contributed by atoms with Gasteiger partial charge in [-0.05, 0) is 53.9 Å². The van der Waals surface area contributed by atoms with Gasteiger partial charge in [0, 0.05) is 37.9 Å². The molecule has 238 valence electrons. The monoisotopic (exact) mass is 671 g/mol. The Morgan fingerprint density at radius 1 is 0.333 bits per heavy atom. The van der Waals surface area contributed by atoms with E-state index in [-0.39, 0.29) is 27.5 Å². The highest BCUT2D eigenvalue weighted by Crippen LogP contribution is 2.43. The third kappa shape index (κ3) is 3.94. The molecule has 0 spiro atoms. The van der Waals surface area contributed by atoms with Crippen LogP contribution >= 0.6 is 0 Å². The highest BCUT2D eigenvalue weighted by Gasteiger charge is 2.23. The van der Waals surface area contributed by atoms with Crippen molar-refractivity contribution in [1.29, 1.82) is 0 Å². The van der Waals surface area contributed by atoms with Crippen molar-refractivity contribution in [3.63, 3.8) is 0 Å². The van der Waals surface area contributed by atoms with Crippen LogP contribution in [0.4, 0.5) is 0 Å². The zero-order valence-corrected chi connectivity index (χ0v) is 26.0. The van der Waals surface area contributed by atoms with Crippen molar-refractivity contribution >= 4 is 65.4 Å². The Balaban J connectivity index is 1.50. The lowest BCUT2D eigenvalue weighted by Gasteiger charge is -2.17. The first-order chi connectivity index (χ1) is 34.5. The Morgan fingerprint density at radius 2 is 0.804 bits per heavy atom. The Hall–Kier alpha value is -6.84. The number of fused-ring (bicyclic) bond motifs is 9. The van der Waals surface area contributed by atoms with Gasteiger partial charge < -0.3 is 13.7 Å². The maximum atomic E-state index is 9.85. The molecular formula is C48H31N3. The summed E-state index contributed by atoms with van der Waals surface area (Å²) >= 11 is 0. The van der Waals surface area contributed by atoms with E-state index in [0.29, 0.717) is 11.1 Å². The van der Waals surface area contributed by atoms with E-state index in [4.69, 9.17) is 13.7 Å². The maximum Gasteiger partial charge on any atom is 0.0782 e. The highest BCUT2D eigenvalue weighted by molar-refractivity contribution is 6.18. The molecule has 0 fully saturated rings. The zero-order valence-electron chi connectivity index (χ0n) is 48.0. The van der Waals surface area contributed by atoms with Gasteiger partial charge in [-0.2, -0.15) is 0 Å². The fraction of sp³-hybridized carbons (Fsp3) is 0. The molecule has 0 N–H and O–H groups in total. The second-order valence-electron chi connectivity index (χ2n) is 11.7. The van der Waals surface area contributed by atoms with Gasteiger partial charge >= 0.3 is 0 Å². The molecule has 0 aliphatic carbocycles. The molecule has 0 aliphatic heterocycles. The van der Waals surface area contributed by atoms with Gasteiger partial charge in [-0.1, -0.05) is 139 Å². The lowest BCUT2D eigenvalue weighted by molar-refractivity contribution is 1.13. The van der Waals surface area contributed by atoms with Crippen LogP contribution in [0.3, 0.4) is 0 Å². The lowest BCUT2D eigenvalue weighted by atomic mass is 10.0. The molecule has 0 saturated heterocycles. The Labute approximate surface area is 325 Å². The molecule has 3 heterocycles. The third-order valence-corrected chi connectivity index (χ3v) is 9.10. The van der Waals surface area contributed by atoms with E-state index in [1.54, 1.807) is 54.6 Å². The first-order valence-corrected chi connectivity index (χ1v) is 15.8. The van der Waals surface area contributed by atoms with Gasteiger partial charge in [0.2, 0.25) is 0 Å². The van der Waals surface area contributed by atoms with Crippen molar-refractivity contribution in [2.24, 2.45) is 0 Å². The molecule has 0 unspecified atom stereocenters. The molecule has 0 amide bonds. The maximum absolute atomic E-state index is 9.85. The second kappa shape index (κ2) is 10.8. The van der Waals surface area contributed by atoms with Gasteiger partial charge in [0.05, 0.1) is 80.3 Å². The van der Waals surface area contributed by atoms with Crippen LogP contribution in [0.5, 0.6) is 0 Å². The Morgan fingerprint density at radius 3 is 1.51 bits per heavy atom. The molecule has 11 rings (SSSR count). The smallest absolute Gasteiger partial charge is 0.0782 e. The summed E-state index contributed by atoms with van der Waals surface area (Å²) in [5.74, 6) is 0. The molecule has 3 heteroatoms. The molecule has 8 aromatic carbocycles. The molecule has 0 radical (unpaired) electrons. The minimum absolute atomic E-state index is 0.217. The Bertz CT molecular complexity index is 4320. The van der Waals surface area contributed by atoms with E-state index < -0.39 is 188 Å². The van der Waals surface area contributed by atoms with E-state index in [1.807, 2.05) is 0 Å². The lowest BCUT2D eigenvalue weighted by Crippen LogP contribution is -2.02. The molecule has 11 aromatic rings. The first-order valence-electron chi connectivity index (χ1n) is 26.8. The highest BCUT2D eigenvalue weighted by atomic mass is 15.1. The Kier molecular flexibility index (Phi) is 3.01. The summed E-state index contributed by atoms with van der Waals surface area (Å²) in [4.78, 5) is 0. The molecule has 0 saturated carbocycles. The average Bonchev–Trinajstić information content (AvgIpc) is 4.05. The van der Waals surface area contributed by atoms with Crippen molar-refractivity contribution in [2.45, 2.75) is 0 Å². The molecular weight excluding hydrogens is 619 g/mol. The van der Waals surface area contributed by atoms with E-state index in [0.717, 1.165) is 9.13 Å². The van der Waals surface area contributed by atoms with Gasteiger partial charge in [0.15, 0.2) is 0 Å². The average molecular weight is 672 g/mol. The number of benzene rings is 8. The van der Waals surface area contributed by atoms with Crippen molar-refractivity contribution in [2.75, 3.05) is 0 Å². The van der Waals surface area contributed by atoms with E-state index in [1.165, 1.54) is 4.57 Å². The standard InChI is InChI=1S/C48H31N3/c1-2-16-32(17-3-1)33-18-4-9-24-39(33)51-42-27-12-7-21-36(42)37-23-14-31-46(48(37)51)50-43-28-13-8-22-38(43)47-44(29-15-30-45(47)50)49-40-25-10-5-19-34(40)35-20-6-11-26-41(35)49/h1-31H/i5D,6D,7D,8D,10D,11D,12D,13D,14D,15D,19D,20D,21D,22D,23D,25D,26D,27D,28D,29D,30D,31D. The van der Waals surface area contributed by atoms with E-state index in [9.17, 15) is 16.4 Å². The predicted molar refractivity (Wildman–Crippen MR) is 215 cm³/mol. The summed E-state index contributed by atoms with van der Waals surface area (Å²) in [5, 5.41) is -2.40. The van der Waals surface area contributed by atoms with Crippen LogP contribution in [0.1, 0.15) is 30.2 Å². The van der Waals surface area contributed by atoms with Crippen LogP contribution in [0.25, 0.3) is 93.6 Å². The molecule has 0 atom stereocenters. The third-order valence-electron chi connectivity index (χ3n) is 9.10. The van der Waals surface area contributed by atoms with Crippen molar-refractivity contribution < 1.29 is 30.2 Å². The van der Waals surface area contributed by atoms with Crippen LogP contribution in [0.2, 0.25) is 0 Å². The topological polar surface area (TPSA) is 14.8 Å². The van der Waals surface area contributed by atoms with Crippen LogP contribution in [-0.4, -0.2) is 13.7 Å². The van der Waals surface area contributed by atoms with Crippen molar-refractivity contribution in [1.82, 2.24) is 13.7 Å². The first kappa shape index (κ1) is 14.2. The van der Waals surface area contributed by atoms with E-state index in [2.05, 4.69) is 0 Å². The van der Waals surface area contributed by atoms with Gasteiger partial charge in [-0.25, -0.2) is 0 Å². The largest absolute Gasteiger partial charge is 0.309 e. The predicted octanol–water partition coefficient (Wildman–Crippen LogP) is 12.6. The number of hydrogen-bond donors (Lipinski definition) is 0. The second-order valence-corrected chi connectivity index (χ2v) is 11.7. The molecule has 3 nitrogen and oxygen atoms in total. The fourth-order valence-corrected chi connectivity index (χ4v) is 7.08. The molecule has 0 bridgehead atoms. The minimum atomic E-state index is -0.931. The summed E-state index contributed by atoms with van der Waals surface area (Å²) in [5.41, 5.74) is -2.47. The number of aromatic nitrogens is 3. The molecule has 3 aromatic heterocycles. The van der Waals surface area contributed by atoms with Crippen LogP contribution in [0, 0.1) is 0 Å². The van der Waals surface area contributed by atoms with Gasteiger partial charge in [-0.3, -0.25) is 0 Å². The van der Waals surface area contributed by atoms with Crippen LogP contribution in [-0.2, 0) is 0 Å². The van der Waals surface area contributed by atoms with Crippen molar-refractivity contribution in [3.8, 4) is 28.2 Å². The normalized spacial score (nSPS) is 18.0. The molecule has 51 heavy (non-hydrogen) atoms. The summed E-state index contributed by atoms with van der Waals surface area (Å²) in [6.45, 7) is 0. The molecule has 0 aliphatic rings. The van der Waals surface area contributed by atoms with Gasteiger partial charge in [0.25, 0.3) is 0 Å². The summed E-state index contributed by atoms with van der Waals surface area (Å²) < 4.78 is 206. The SMILES string of the molecule is [2H]c1c([2H])c([2H])c2c(c1[2H])c1c([2H])c([2H])c([2H])c(-n3c4c([2H])c([2H])c([2H])c([2H])c4c4c(-n5c6c([2H])c([2H])c([2H])c([2H])c6c6c([2H])c([2H])c([2H])c([2H])c65)c([2H])c([2H])c([2H])c43)c1n2-c1ccccc1-c1ccccc1. The fourth-order valence-electron chi connectivity index (χ4n) is 7.08. The number of para-hydroxylation sites is 6. The number of hydrogen-bond acceptors (Lipinski definition) is 0. The van der Waals surface area contributed by atoms with Gasteiger partial charge in [-0.15, -0.1) is 0 Å². The summed E-state index contributed by atoms with van der Waals surface area (Å²) in [7, 11) is 0. The summed E-state index contributed by atoms with van der Waals surface area (Å²) in [6, 6.07) is -1.74. The van der Waals surface area contributed by atoms with Gasteiger partial charge in [0.1, 0.15) is 0 Å². The van der Waals surface area contributed by atoms with Crippen LogP contribution in [0.15, 0.2) is 188 Å². The van der Waals surface area contributed by atoms with E-state index >= 15 is 0 Å². The number of rotatable bonds is 4. The van der Waals surface area contributed by atoms with Crippen LogP contribution < -0.4 is 0 Å². The minimum Gasteiger partial charge on any atom is -0.309 e. The summed E-state index contributed by atoms with van der Waals surface area (Å²) in [6.07, 6.45) is 0. The zero-order chi connectivity index (χ0) is 52.6. The quantitative estimate of drug-likeness (QED) is 0.177. The van der Waals surface area contributed by atoms with Crippen molar-refractivity contribution in [3.05, 3.63) is 188 Å².